The van der Waals surface area contributed by atoms with E-state index in [1.807, 2.05) is 79.5 Å². The van der Waals surface area contributed by atoms with Gasteiger partial charge in [0.15, 0.2) is 5.76 Å². The van der Waals surface area contributed by atoms with Crippen molar-refractivity contribution in [3.05, 3.63) is 77.7 Å². The quantitative estimate of drug-likeness (QED) is 0.665. The number of carbonyl (C=O) groups is 1. The maximum absolute atomic E-state index is 13.3. The standard InChI is InChI=1S/C23H26N4O2/c1-18-16-20(29-24-18)17-26-12-14-27(15-13-26)23(28)21-10-6-7-11-22(21)25(2)19-8-4-3-5-9-19/h3-11,16H,12-15,17H2,1-2H3. The SMILES string of the molecule is Cc1cc(CN2CCN(C(=O)c3ccccc3N(C)c3ccccc3)CC2)on1. The first-order chi connectivity index (χ1) is 14.1. The molecule has 2 heterocycles. The van der Waals surface area contributed by atoms with Gasteiger partial charge in [0.05, 0.1) is 23.5 Å². The van der Waals surface area contributed by atoms with Crippen molar-refractivity contribution in [3.8, 4) is 0 Å². The van der Waals surface area contributed by atoms with Crippen molar-refractivity contribution >= 4 is 17.3 Å². The van der Waals surface area contributed by atoms with Crippen LogP contribution in [0.2, 0.25) is 0 Å². The summed E-state index contributed by atoms with van der Waals surface area (Å²) in [5.74, 6) is 0.954. The molecule has 1 saturated heterocycles. The Labute approximate surface area is 171 Å². The highest BCUT2D eigenvalue weighted by atomic mass is 16.5. The Hall–Kier alpha value is -3.12. The molecule has 3 aromatic rings. The lowest BCUT2D eigenvalue weighted by Crippen LogP contribution is -2.48. The maximum Gasteiger partial charge on any atom is 0.256 e. The van der Waals surface area contributed by atoms with E-state index < -0.39 is 0 Å². The van der Waals surface area contributed by atoms with Crippen LogP contribution in [0.4, 0.5) is 11.4 Å². The molecule has 0 N–H and O–H groups in total. The van der Waals surface area contributed by atoms with E-state index in [1.54, 1.807) is 0 Å². The number of benzene rings is 2. The van der Waals surface area contributed by atoms with E-state index in [0.29, 0.717) is 13.1 Å². The van der Waals surface area contributed by atoms with Gasteiger partial charge in [-0.15, -0.1) is 0 Å². The van der Waals surface area contributed by atoms with Gasteiger partial charge in [0.1, 0.15) is 0 Å². The van der Waals surface area contributed by atoms with Gasteiger partial charge in [-0.3, -0.25) is 9.69 Å². The molecule has 0 spiro atoms. The first-order valence-electron chi connectivity index (χ1n) is 9.93. The molecular weight excluding hydrogens is 364 g/mol. The molecule has 1 fully saturated rings. The number of hydrogen-bond donors (Lipinski definition) is 0. The number of amides is 1. The van der Waals surface area contributed by atoms with Gasteiger partial charge in [-0.1, -0.05) is 35.5 Å². The maximum atomic E-state index is 13.3. The summed E-state index contributed by atoms with van der Waals surface area (Å²) >= 11 is 0. The van der Waals surface area contributed by atoms with Crippen LogP contribution in [0.1, 0.15) is 21.8 Å². The lowest BCUT2D eigenvalue weighted by atomic mass is 10.1. The smallest absolute Gasteiger partial charge is 0.256 e. The Morgan fingerprint density at radius 3 is 2.41 bits per heavy atom. The third kappa shape index (κ3) is 4.32. The Morgan fingerprint density at radius 1 is 1.03 bits per heavy atom. The van der Waals surface area contributed by atoms with Crippen LogP contribution in [0.15, 0.2) is 65.2 Å². The average Bonchev–Trinajstić information content (AvgIpc) is 3.18. The summed E-state index contributed by atoms with van der Waals surface area (Å²) in [4.78, 5) is 19.6. The fourth-order valence-electron chi connectivity index (χ4n) is 3.73. The van der Waals surface area contributed by atoms with E-state index in [0.717, 1.165) is 48.0 Å². The molecule has 0 aliphatic carbocycles. The van der Waals surface area contributed by atoms with Crippen molar-refractivity contribution in [2.24, 2.45) is 0 Å². The summed E-state index contributed by atoms with van der Waals surface area (Å²) in [6.45, 7) is 5.71. The zero-order valence-corrected chi connectivity index (χ0v) is 16.9. The minimum atomic E-state index is 0.0820. The van der Waals surface area contributed by atoms with Crippen molar-refractivity contribution < 1.29 is 9.32 Å². The van der Waals surface area contributed by atoms with Gasteiger partial charge in [0, 0.05) is 45.0 Å². The molecule has 1 amide bonds. The molecule has 6 heteroatoms. The van der Waals surface area contributed by atoms with E-state index in [-0.39, 0.29) is 5.91 Å². The van der Waals surface area contributed by atoms with Crippen LogP contribution in [-0.2, 0) is 6.54 Å². The van der Waals surface area contributed by atoms with Crippen LogP contribution < -0.4 is 4.90 Å². The number of nitrogens with zero attached hydrogens (tertiary/aromatic N) is 4. The Bertz CT molecular complexity index is 962. The zero-order chi connectivity index (χ0) is 20.2. The van der Waals surface area contributed by atoms with E-state index >= 15 is 0 Å². The van der Waals surface area contributed by atoms with Gasteiger partial charge < -0.3 is 14.3 Å². The zero-order valence-electron chi connectivity index (χ0n) is 16.9. The van der Waals surface area contributed by atoms with Gasteiger partial charge in [-0.05, 0) is 31.2 Å². The number of anilines is 2. The predicted octanol–water partition coefficient (Wildman–Crippen LogP) is 3.71. The number of piperazine rings is 1. The third-order valence-electron chi connectivity index (χ3n) is 5.36. The molecule has 1 aromatic heterocycles. The summed E-state index contributed by atoms with van der Waals surface area (Å²) in [5.41, 5.74) is 3.61. The Morgan fingerprint density at radius 2 is 1.72 bits per heavy atom. The van der Waals surface area contributed by atoms with Crippen LogP contribution in [0.3, 0.4) is 0 Å². The normalized spacial score (nSPS) is 14.8. The van der Waals surface area contributed by atoms with Gasteiger partial charge in [-0.25, -0.2) is 0 Å². The number of rotatable bonds is 5. The highest BCUT2D eigenvalue weighted by molar-refractivity contribution is 6.00. The van der Waals surface area contributed by atoms with Gasteiger partial charge in [0.25, 0.3) is 5.91 Å². The van der Waals surface area contributed by atoms with Crippen molar-refractivity contribution in [1.29, 1.82) is 0 Å². The van der Waals surface area contributed by atoms with Gasteiger partial charge in [0.2, 0.25) is 0 Å². The molecule has 2 aromatic carbocycles. The second-order valence-electron chi connectivity index (χ2n) is 7.41. The summed E-state index contributed by atoms with van der Waals surface area (Å²) in [6, 6.07) is 19.9. The number of aromatic nitrogens is 1. The fourth-order valence-corrected chi connectivity index (χ4v) is 3.73. The lowest BCUT2D eigenvalue weighted by molar-refractivity contribution is 0.0618. The molecule has 0 unspecified atom stereocenters. The molecular formula is C23H26N4O2. The molecule has 150 valence electrons. The second kappa shape index (κ2) is 8.49. The van der Waals surface area contributed by atoms with E-state index in [9.17, 15) is 4.79 Å². The average molecular weight is 390 g/mol. The highest BCUT2D eigenvalue weighted by Gasteiger charge is 2.25. The van der Waals surface area contributed by atoms with E-state index in [2.05, 4.69) is 15.0 Å². The third-order valence-corrected chi connectivity index (χ3v) is 5.36. The molecule has 4 rings (SSSR count). The topological polar surface area (TPSA) is 52.8 Å². The van der Waals surface area contributed by atoms with Gasteiger partial charge in [-0.2, -0.15) is 0 Å². The van der Waals surface area contributed by atoms with E-state index in [1.165, 1.54) is 0 Å². The summed E-state index contributed by atoms with van der Waals surface area (Å²) in [5, 5.41) is 3.95. The minimum Gasteiger partial charge on any atom is -0.360 e. The van der Waals surface area contributed by atoms with E-state index in [4.69, 9.17) is 4.52 Å². The largest absolute Gasteiger partial charge is 0.360 e. The molecule has 0 bridgehead atoms. The second-order valence-corrected chi connectivity index (χ2v) is 7.41. The number of para-hydroxylation sites is 2. The minimum absolute atomic E-state index is 0.0820. The van der Waals surface area contributed by atoms with Crippen molar-refractivity contribution in [2.45, 2.75) is 13.5 Å². The lowest BCUT2D eigenvalue weighted by Gasteiger charge is -2.35. The molecule has 1 aliphatic rings. The molecule has 1 aliphatic heterocycles. The number of carbonyl (C=O) groups excluding carboxylic acids is 1. The molecule has 6 nitrogen and oxygen atoms in total. The van der Waals surface area contributed by atoms with Crippen LogP contribution in [0.25, 0.3) is 0 Å². The van der Waals surface area contributed by atoms with Gasteiger partial charge >= 0.3 is 0 Å². The number of hydrogen-bond acceptors (Lipinski definition) is 5. The summed E-state index contributed by atoms with van der Waals surface area (Å²) < 4.78 is 5.32. The van der Waals surface area contributed by atoms with Crippen molar-refractivity contribution in [2.75, 3.05) is 38.1 Å². The van der Waals surface area contributed by atoms with Crippen molar-refractivity contribution in [1.82, 2.24) is 15.0 Å². The van der Waals surface area contributed by atoms with Crippen LogP contribution in [0.5, 0.6) is 0 Å². The summed E-state index contributed by atoms with van der Waals surface area (Å²) in [7, 11) is 2.00. The number of aryl methyl sites for hydroxylation is 1. The first-order valence-corrected chi connectivity index (χ1v) is 9.93. The molecule has 0 saturated carbocycles. The Kier molecular flexibility index (Phi) is 5.62. The Balaban J connectivity index is 1.44. The first kappa shape index (κ1) is 19.2. The highest BCUT2D eigenvalue weighted by Crippen LogP contribution is 2.28. The van der Waals surface area contributed by atoms with Crippen LogP contribution in [0, 0.1) is 6.92 Å². The summed E-state index contributed by atoms with van der Waals surface area (Å²) in [6.07, 6.45) is 0. The molecule has 0 atom stereocenters. The molecule has 0 radical (unpaired) electrons. The van der Waals surface area contributed by atoms with Crippen molar-refractivity contribution in [3.63, 3.8) is 0 Å². The monoisotopic (exact) mass is 390 g/mol. The van der Waals surface area contributed by atoms with Crippen LogP contribution in [-0.4, -0.2) is 54.1 Å². The predicted molar refractivity (Wildman–Crippen MR) is 113 cm³/mol. The fraction of sp³-hybridized carbons (Fsp3) is 0.304. The van der Waals surface area contributed by atoms with Crippen LogP contribution >= 0.6 is 0 Å². The molecule has 29 heavy (non-hydrogen) atoms.